The Labute approximate surface area is 96.1 Å². The van der Waals surface area contributed by atoms with Crippen LogP contribution in [0.25, 0.3) is 0 Å². The summed E-state index contributed by atoms with van der Waals surface area (Å²) in [6, 6.07) is 3.30. The molecule has 0 bridgehead atoms. The minimum atomic E-state index is -1.29. The van der Waals surface area contributed by atoms with Gasteiger partial charge in [-0.15, -0.1) is 0 Å². The van der Waals surface area contributed by atoms with Crippen molar-refractivity contribution in [3.8, 4) is 0 Å². The predicted molar refractivity (Wildman–Crippen MR) is 56.4 cm³/mol. The molecule has 0 aliphatic carbocycles. The average Bonchev–Trinajstić information content (AvgIpc) is 2.26. The van der Waals surface area contributed by atoms with Crippen LogP contribution >= 0.6 is 0 Å². The third-order valence-corrected chi connectivity index (χ3v) is 2.37. The second-order valence-corrected chi connectivity index (χ2v) is 3.47. The summed E-state index contributed by atoms with van der Waals surface area (Å²) in [5.41, 5.74) is -0.368. The smallest absolute Gasteiger partial charge is 0.335 e. The molecule has 0 radical (unpaired) electrons. The fourth-order valence-corrected chi connectivity index (χ4v) is 1.38. The lowest BCUT2D eigenvalue weighted by atomic mass is 9.93. The summed E-state index contributed by atoms with van der Waals surface area (Å²) in [7, 11) is 0. The molecule has 1 aromatic carbocycles. The lowest BCUT2D eigenvalue weighted by Gasteiger charge is -2.11. The Balaban J connectivity index is 3.40. The van der Waals surface area contributed by atoms with Crippen molar-refractivity contribution in [3.63, 3.8) is 0 Å². The molecule has 1 aromatic rings. The van der Waals surface area contributed by atoms with Gasteiger partial charge in [0.05, 0.1) is 17.0 Å². The van der Waals surface area contributed by atoms with Gasteiger partial charge in [-0.05, 0) is 30.7 Å². The van der Waals surface area contributed by atoms with E-state index < -0.39 is 23.8 Å². The third-order valence-electron chi connectivity index (χ3n) is 2.37. The van der Waals surface area contributed by atoms with Gasteiger partial charge < -0.3 is 15.3 Å². The van der Waals surface area contributed by atoms with Gasteiger partial charge in [-0.25, -0.2) is 9.59 Å². The molecule has 6 heteroatoms. The Morgan fingerprint density at radius 2 is 1.65 bits per heavy atom. The molecule has 0 heterocycles. The molecule has 0 aliphatic heterocycles. The van der Waals surface area contributed by atoms with E-state index in [1.54, 1.807) is 0 Å². The third kappa shape index (κ3) is 2.60. The topological polar surface area (TPSA) is 112 Å². The number of hydrogen-bond donors (Lipinski definition) is 3. The molecule has 0 spiro atoms. The Bertz CT molecular complexity index is 491. The molecule has 3 N–H and O–H groups in total. The van der Waals surface area contributed by atoms with Crippen LogP contribution < -0.4 is 0 Å². The Morgan fingerprint density at radius 1 is 1.06 bits per heavy atom. The van der Waals surface area contributed by atoms with Gasteiger partial charge in [0.25, 0.3) is 0 Å². The first-order valence-electron chi connectivity index (χ1n) is 4.68. The van der Waals surface area contributed by atoms with Crippen LogP contribution in [-0.4, -0.2) is 33.2 Å². The van der Waals surface area contributed by atoms with Crippen LogP contribution in [0.5, 0.6) is 0 Å². The van der Waals surface area contributed by atoms with Gasteiger partial charge in [-0.1, -0.05) is 0 Å². The monoisotopic (exact) mass is 238 g/mol. The number of carboxylic acids is 3. The highest BCUT2D eigenvalue weighted by atomic mass is 16.4. The van der Waals surface area contributed by atoms with E-state index in [2.05, 4.69) is 0 Å². The maximum atomic E-state index is 10.9. The van der Waals surface area contributed by atoms with Crippen LogP contribution in [-0.2, 0) is 4.79 Å². The SMILES string of the molecule is CC(C(=O)O)c1cc(C(=O)O)ccc1C(=O)O. The predicted octanol–water partition coefficient (Wildman–Crippen LogP) is 1.27. The second kappa shape index (κ2) is 4.65. The summed E-state index contributed by atoms with van der Waals surface area (Å²) in [4.78, 5) is 32.4. The van der Waals surface area contributed by atoms with E-state index in [4.69, 9.17) is 15.3 Å². The molecule has 0 saturated heterocycles. The zero-order valence-electron chi connectivity index (χ0n) is 8.88. The van der Waals surface area contributed by atoms with E-state index in [-0.39, 0.29) is 16.7 Å². The van der Waals surface area contributed by atoms with Crippen LogP contribution in [0, 0.1) is 0 Å². The molecule has 1 unspecified atom stereocenters. The maximum absolute atomic E-state index is 10.9. The number of aliphatic carboxylic acids is 1. The molecule has 6 nitrogen and oxygen atoms in total. The highest BCUT2D eigenvalue weighted by Gasteiger charge is 2.22. The van der Waals surface area contributed by atoms with Gasteiger partial charge >= 0.3 is 17.9 Å². The van der Waals surface area contributed by atoms with Crippen molar-refractivity contribution >= 4 is 17.9 Å². The van der Waals surface area contributed by atoms with Gasteiger partial charge in [0.15, 0.2) is 0 Å². The van der Waals surface area contributed by atoms with E-state index >= 15 is 0 Å². The number of hydrogen-bond acceptors (Lipinski definition) is 3. The van der Waals surface area contributed by atoms with Crippen LogP contribution in [0.3, 0.4) is 0 Å². The maximum Gasteiger partial charge on any atom is 0.335 e. The summed E-state index contributed by atoms with van der Waals surface area (Å²) in [6.45, 7) is 1.30. The zero-order chi connectivity index (χ0) is 13.2. The van der Waals surface area contributed by atoms with Crippen LogP contribution in [0.15, 0.2) is 18.2 Å². The van der Waals surface area contributed by atoms with Crippen molar-refractivity contribution in [2.45, 2.75) is 12.8 Å². The van der Waals surface area contributed by atoms with Crippen LogP contribution in [0.1, 0.15) is 39.1 Å². The molecule has 90 valence electrons. The first-order chi connectivity index (χ1) is 7.84. The van der Waals surface area contributed by atoms with Crippen molar-refractivity contribution in [1.29, 1.82) is 0 Å². The van der Waals surface area contributed by atoms with E-state index in [0.29, 0.717) is 0 Å². The average molecular weight is 238 g/mol. The molecular formula is C11H10O6. The normalized spacial score (nSPS) is 11.8. The molecule has 0 saturated carbocycles. The molecule has 0 amide bonds. The fraction of sp³-hybridized carbons (Fsp3) is 0.182. The van der Waals surface area contributed by atoms with Gasteiger partial charge in [-0.2, -0.15) is 0 Å². The van der Waals surface area contributed by atoms with Gasteiger partial charge in [0, 0.05) is 0 Å². The largest absolute Gasteiger partial charge is 0.481 e. The Morgan fingerprint density at radius 3 is 2.06 bits per heavy atom. The molecule has 0 aromatic heterocycles. The molecular weight excluding hydrogens is 228 g/mol. The lowest BCUT2D eigenvalue weighted by Crippen LogP contribution is -2.14. The Kier molecular flexibility index (Phi) is 3.47. The van der Waals surface area contributed by atoms with Crippen molar-refractivity contribution in [1.82, 2.24) is 0 Å². The molecule has 0 fully saturated rings. The van der Waals surface area contributed by atoms with Crippen LogP contribution in [0.4, 0.5) is 0 Å². The number of aromatic carboxylic acids is 2. The first kappa shape index (κ1) is 12.7. The van der Waals surface area contributed by atoms with Gasteiger partial charge in [-0.3, -0.25) is 4.79 Å². The van der Waals surface area contributed by atoms with E-state index in [1.165, 1.54) is 6.92 Å². The summed E-state index contributed by atoms with van der Waals surface area (Å²) in [5, 5.41) is 26.5. The van der Waals surface area contributed by atoms with Crippen LogP contribution in [0.2, 0.25) is 0 Å². The summed E-state index contributed by atoms with van der Waals surface area (Å²) >= 11 is 0. The zero-order valence-corrected chi connectivity index (χ0v) is 8.88. The molecule has 1 atom stereocenters. The summed E-state index contributed by atoms with van der Waals surface area (Å²) in [6.07, 6.45) is 0. The number of carbonyl (C=O) groups is 3. The highest BCUT2D eigenvalue weighted by Crippen LogP contribution is 2.22. The van der Waals surface area contributed by atoms with Crippen molar-refractivity contribution < 1.29 is 29.7 Å². The second-order valence-electron chi connectivity index (χ2n) is 3.47. The molecule has 0 aliphatic rings. The molecule has 1 rings (SSSR count). The van der Waals surface area contributed by atoms with Crippen molar-refractivity contribution in [2.24, 2.45) is 0 Å². The minimum Gasteiger partial charge on any atom is -0.481 e. The highest BCUT2D eigenvalue weighted by molar-refractivity contribution is 5.95. The standard InChI is InChI=1S/C11H10O6/c1-5(9(12)13)8-4-6(10(14)15)2-3-7(8)11(16)17/h2-5H,1H3,(H,12,13)(H,14,15)(H,16,17). The summed E-state index contributed by atoms with van der Waals surface area (Å²) in [5.74, 6) is -4.82. The van der Waals surface area contributed by atoms with Gasteiger partial charge in [0.1, 0.15) is 0 Å². The number of carboxylic acid groups (broad SMARTS) is 3. The summed E-state index contributed by atoms with van der Waals surface area (Å²) < 4.78 is 0. The van der Waals surface area contributed by atoms with E-state index in [0.717, 1.165) is 18.2 Å². The minimum absolute atomic E-state index is 0.0232. The number of benzene rings is 1. The first-order valence-corrected chi connectivity index (χ1v) is 4.68. The quantitative estimate of drug-likeness (QED) is 0.728. The molecule has 17 heavy (non-hydrogen) atoms. The van der Waals surface area contributed by atoms with E-state index in [1.807, 2.05) is 0 Å². The fourth-order valence-electron chi connectivity index (χ4n) is 1.38. The Hall–Kier alpha value is -2.37. The number of rotatable bonds is 4. The van der Waals surface area contributed by atoms with Gasteiger partial charge in [0.2, 0.25) is 0 Å². The van der Waals surface area contributed by atoms with Crippen molar-refractivity contribution in [2.75, 3.05) is 0 Å². The van der Waals surface area contributed by atoms with E-state index in [9.17, 15) is 14.4 Å². The lowest BCUT2D eigenvalue weighted by molar-refractivity contribution is -0.138. The van der Waals surface area contributed by atoms with Crippen molar-refractivity contribution in [3.05, 3.63) is 34.9 Å².